The summed E-state index contributed by atoms with van der Waals surface area (Å²) in [6.07, 6.45) is 7.51. The van der Waals surface area contributed by atoms with Crippen LogP contribution >= 0.6 is 0 Å². The fourth-order valence-electron chi connectivity index (χ4n) is 1.49. The molecule has 66 valence electrons. The lowest BCUT2D eigenvalue weighted by molar-refractivity contribution is 0.0467. The molecule has 0 aliphatic carbocycles. The van der Waals surface area contributed by atoms with E-state index in [0.717, 1.165) is 25.9 Å². The molecule has 0 aromatic carbocycles. The van der Waals surface area contributed by atoms with Gasteiger partial charge in [-0.25, -0.2) is 4.68 Å². The molecule has 1 saturated heterocycles. The standard InChI is InChI=1S/C9H14N2O/c1-2-8-6-10-11(7-8)9-4-3-5-12-9/h6-7,9H,2-5H2,1H3. The van der Waals surface area contributed by atoms with Crippen molar-refractivity contribution < 1.29 is 4.74 Å². The zero-order chi connectivity index (χ0) is 8.39. The van der Waals surface area contributed by atoms with Crippen molar-refractivity contribution in [2.24, 2.45) is 0 Å². The number of nitrogens with zero attached hydrogens (tertiary/aromatic N) is 2. The molecule has 3 heteroatoms. The number of hydrogen-bond acceptors (Lipinski definition) is 2. The molecule has 1 aliphatic heterocycles. The second kappa shape index (κ2) is 3.27. The largest absolute Gasteiger partial charge is 0.357 e. The van der Waals surface area contributed by atoms with Gasteiger partial charge < -0.3 is 4.74 Å². The molecule has 1 fully saturated rings. The summed E-state index contributed by atoms with van der Waals surface area (Å²) in [6.45, 7) is 3.02. The average molecular weight is 166 g/mol. The highest BCUT2D eigenvalue weighted by molar-refractivity contribution is 5.03. The highest BCUT2D eigenvalue weighted by atomic mass is 16.5. The van der Waals surface area contributed by atoms with Gasteiger partial charge in [-0.3, -0.25) is 0 Å². The minimum absolute atomic E-state index is 0.199. The molecule has 3 nitrogen and oxygen atoms in total. The molecule has 0 saturated carbocycles. The van der Waals surface area contributed by atoms with E-state index in [2.05, 4.69) is 18.2 Å². The minimum atomic E-state index is 0.199. The summed E-state index contributed by atoms with van der Waals surface area (Å²) in [5.74, 6) is 0. The molecular formula is C9H14N2O. The number of ether oxygens (including phenoxy) is 1. The minimum Gasteiger partial charge on any atom is -0.357 e. The third-order valence-electron chi connectivity index (χ3n) is 2.26. The first-order valence-corrected chi connectivity index (χ1v) is 4.55. The predicted molar refractivity (Wildman–Crippen MR) is 45.8 cm³/mol. The van der Waals surface area contributed by atoms with Gasteiger partial charge in [0.25, 0.3) is 0 Å². The highest BCUT2D eigenvalue weighted by Gasteiger charge is 2.17. The van der Waals surface area contributed by atoms with Crippen molar-refractivity contribution in [1.29, 1.82) is 0 Å². The zero-order valence-corrected chi connectivity index (χ0v) is 7.36. The summed E-state index contributed by atoms with van der Waals surface area (Å²) in [5, 5.41) is 4.26. The van der Waals surface area contributed by atoms with E-state index >= 15 is 0 Å². The number of rotatable bonds is 2. The first kappa shape index (κ1) is 7.80. The molecular weight excluding hydrogens is 152 g/mol. The van der Waals surface area contributed by atoms with Crippen LogP contribution in [-0.2, 0) is 11.2 Å². The van der Waals surface area contributed by atoms with E-state index in [9.17, 15) is 0 Å². The molecule has 1 atom stereocenters. The predicted octanol–water partition coefficient (Wildman–Crippen LogP) is 1.75. The van der Waals surface area contributed by atoms with Gasteiger partial charge >= 0.3 is 0 Å². The summed E-state index contributed by atoms with van der Waals surface area (Å²) in [4.78, 5) is 0. The Bertz CT molecular complexity index is 251. The van der Waals surface area contributed by atoms with Crippen molar-refractivity contribution in [1.82, 2.24) is 9.78 Å². The molecule has 1 aliphatic rings. The second-order valence-corrected chi connectivity index (χ2v) is 3.15. The van der Waals surface area contributed by atoms with Gasteiger partial charge in [0, 0.05) is 12.8 Å². The van der Waals surface area contributed by atoms with Crippen molar-refractivity contribution in [3.63, 3.8) is 0 Å². The Hall–Kier alpha value is -0.830. The lowest BCUT2D eigenvalue weighted by Crippen LogP contribution is -2.06. The van der Waals surface area contributed by atoms with Crippen LogP contribution < -0.4 is 0 Å². The Morgan fingerprint density at radius 1 is 1.75 bits per heavy atom. The Labute approximate surface area is 72.3 Å². The molecule has 2 rings (SSSR count). The fraction of sp³-hybridized carbons (Fsp3) is 0.667. The number of aryl methyl sites for hydroxylation is 1. The maximum atomic E-state index is 5.50. The quantitative estimate of drug-likeness (QED) is 0.669. The van der Waals surface area contributed by atoms with Gasteiger partial charge in [0.2, 0.25) is 0 Å². The van der Waals surface area contributed by atoms with Crippen molar-refractivity contribution in [2.75, 3.05) is 6.61 Å². The molecule has 1 unspecified atom stereocenters. The molecule has 0 spiro atoms. The Morgan fingerprint density at radius 2 is 2.67 bits per heavy atom. The van der Waals surface area contributed by atoms with Gasteiger partial charge in [-0.15, -0.1) is 0 Å². The zero-order valence-electron chi connectivity index (χ0n) is 7.36. The first-order valence-electron chi connectivity index (χ1n) is 4.55. The van der Waals surface area contributed by atoms with E-state index in [-0.39, 0.29) is 6.23 Å². The molecule has 2 heterocycles. The molecule has 1 aromatic heterocycles. The van der Waals surface area contributed by atoms with Gasteiger partial charge in [0.1, 0.15) is 6.23 Å². The van der Waals surface area contributed by atoms with Crippen molar-refractivity contribution >= 4 is 0 Å². The summed E-state index contributed by atoms with van der Waals surface area (Å²) < 4.78 is 7.43. The van der Waals surface area contributed by atoms with E-state index in [1.165, 1.54) is 5.56 Å². The average Bonchev–Trinajstić information content (AvgIpc) is 2.75. The van der Waals surface area contributed by atoms with Gasteiger partial charge in [0.15, 0.2) is 0 Å². The maximum absolute atomic E-state index is 5.50. The van der Waals surface area contributed by atoms with Crippen LogP contribution in [0.4, 0.5) is 0 Å². The molecule has 0 radical (unpaired) electrons. The smallest absolute Gasteiger partial charge is 0.150 e. The molecule has 0 bridgehead atoms. The fourth-order valence-corrected chi connectivity index (χ4v) is 1.49. The Balaban J connectivity index is 2.11. The van der Waals surface area contributed by atoms with Crippen LogP contribution in [0, 0.1) is 0 Å². The van der Waals surface area contributed by atoms with Gasteiger partial charge in [-0.05, 0) is 24.8 Å². The van der Waals surface area contributed by atoms with E-state index in [0.29, 0.717) is 0 Å². The normalized spacial score (nSPS) is 23.2. The van der Waals surface area contributed by atoms with Crippen molar-refractivity contribution in [3.05, 3.63) is 18.0 Å². The van der Waals surface area contributed by atoms with E-state index in [1.54, 1.807) is 0 Å². The lowest BCUT2D eigenvalue weighted by atomic mass is 10.3. The van der Waals surface area contributed by atoms with Gasteiger partial charge in [-0.1, -0.05) is 6.92 Å². The number of hydrogen-bond donors (Lipinski definition) is 0. The maximum Gasteiger partial charge on any atom is 0.150 e. The van der Waals surface area contributed by atoms with E-state index in [1.807, 2.05) is 10.9 Å². The van der Waals surface area contributed by atoms with Crippen LogP contribution in [0.15, 0.2) is 12.4 Å². The SMILES string of the molecule is CCc1cnn(C2CCCO2)c1. The molecule has 0 amide bonds. The van der Waals surface area contributed by atoms with E-state index < -0.39 is 0 Å². The molecule has 0 N–H and O–H groups in total. The van der Waals surface area contributed by atoms with Gasteiger partial charge in [0.05, 0.1) is 6.20 Å². The lowest BCUT2D eigenvalue weighted by Gasteiger charge is -2.08. The van der Waals surface area contributed by atoms with Gasteiger partial charge in [-0.2, -0.15) is 5.10 Å². The second-order valence-electron chi connectivity index (χ2n) is 3.15. The van der Waals surface area contributed by atoms with E-state index in [4.69, 9.17) is 4.74 Å². The summed E-state index contributed by atoms with van der Waals surface area (Å²) >= 11 is 0. The highest BCUT2D eigenvalue weighted by Crippen LogP contribution is 2.21. The molecule has 1 aromatic rings. The van der Waals surface area contributed by atoms with Crippen LogP contribution in [0.5, 0.6) is 0 Å². The Morgan fingerprint density at radius 3 is 3.25 bits per heavy atom. The van der Waals surface area contributed by atoms with Crippen LogP contribution in [0.2, 0.25) is 0 Å². The first-order chi connectivity index (χ1) is 5.90. The van der Waals surface area contributed by atoms with Crippen LogP contribution in [0.3, 0.4) is 0 Å². The summed E-state index contributed by atoms with van der Waals surface area (Å²) in [5.41, 5.74) is 1.28. The monoisotopic (exact) mass is 166 g/mol. The van der Waals surface area contributed by atoms with Crippen molar-refractivity contribution in [3.8, 4) is 0 Å². The summed E-state index contributed by atoms with van der Waals surface area (Å²) in [7, 11) is 0. The van der Waals surface area contributed by atoms with Crippen LogP contribution in [-0.4, -0.2) is 16.4 Å². The topological polar surface area (TPSA) is 27.1 Å². The van der Waals surface area contributed by atoms with Crippen LogP contribution in [0.1, 0.15) is 31.6 Å². The molecule has 12 heavy (non-hydrogen) atoms. The Kier molecular flexibility index (Phi) is 2.13. The third-order valence-corrected chi connectivity index (χ3v) is 2.26. The number of aromatic nitrogens is 2. The van der Waals surface area contributed by atoms with Crippen molar-refractivity contribution in [2.45, 2.75) is 32.4 Å². The third kappa shape index (κ3) is 1.37. The summed E-state index contributed by atoms with van der Waals surface area (Å²) in [6, 6.07) is 0. The van der Waals surface area contributed by atoms with Crippen LogP contribution in [0.25, 0.3) is 0 Å².